The molecule has 0 atom stereocenters. The Morgan fingerprint density at radius 1 is 0.684 bits per heavy atom. The van der Waals surface area contributed by atoms with Crippen LogP contribution in [0.3, 0.4) is 0 Å². The van der Waals surface area contributed by atoms with E-state index in [2.05, 4.69) is 0 Å². The maximum absolute atomic E-state index is 13.2. The summed E-state index contributed by atoms with van der Waals surface area (Å²) in [5.74, 6) is -4.96. The summed E-state index contributed by atoms with van der Waals surface area (Å²) < 4.78 is 62.1. The Morgan fingerprint density at radius 3 is 1.53 bits per heavy atom. The van der Waals surface area contributed by atoms with Gasteiger partial charge in [-0.2, -0.15) is 0 Å². The van der Waals surface area contributed by atoms with E-state index in [0.29, 0.717) is 0 Å². The molecule has 0 aliphatic heterocycles. The SMILES string of the molecule is Fc1cccc([O][Zr][O]c2cccc(F)c2F)c1F. The van der Waals surface area contributed by atoms with E-state index < -0.39 is 47.4 Å². The van der Waals surface area contributed by atoms with Crippen LogP contribution in [0, 0.1) is 23.3 Å². The maximum atomic E-state index is 13.2. The van der Waals surface area contributed by atoms with Crippen LogP contribution in [0.5, 0.6) is 11.5 Å². The fraction of sp³-hybridized carbons (Fsp3) is 0. The number of benzene rings is 2. The van der Waals surface area contributed by atoms with E-state index in [-0.39, 0.29) is 11.5 Å². The quantitative estimate of drug-likeness (QED) is 0.785. The summed E-state index contributed by atoms with van der Waals surface area (Å²) in [6.45, 7) is 0. The van der Waals surface area contributed by atoms with Crippen molar-refractivity contribution in [2.24, 2.45) is 0 Å². The first-order chi connectivity index (χ1) is 9.09. The number of hydrogen-bond donors (Lipinski definition) is 0. The van der Waals surface area contributed by atoms with Crippen molar-refractivity contribution in [3.63, 3.8) is 0 Å². The Morgan fingerprint density at radius 2 is 1.11 bits per heavy atom. The van der Waals surface area contributed by atoms with Crippen molar-refractivity contribution in [3.8, 4) is 11.5 Å². The van der Waals surface area contributed by atoms with Crippen LogP contribution in [0.15, 0.2) is 36.4 Å². The van der Waals surface area contributed by atoms with E-state index in [4.69, 9.17) is 5.63 Å². The van der Waals surface area contributed by atoms with Gasteiger partial charge in [-0.1, -0.05) is 0 Å². The molecule has 0 spiro atoms. The molecular weight excluding hydrogens is 343 g/mol. The van der Waals surface area contributed by atoms with Crippen molar-refractivity contribution in [2.75, 3.05) is 0 Å². The van der Waals surface area contributed by atoms with Gasteiger partial charge in [-0.3, -0.25) is 0 Å². The minimum absolute atomic E-state index is 0.302. The van der Waals surface area contributed by atoms with Crippen molar-refractivity contribution >= 4 is 0 Å². The molecule has 0 unspecified atom stereocenters. The predicted octanol–water partition coefficient (Wildman–Crippen LogP) is 3.61. The molecule has 0 saturated carbocycles. The Bertz CT molecular complexity index is 540. The van der Waals surface area contributed by atoms with E-state index in [9.17, 15) is 17.6 Å². The summed E-state index contributed by atoms with van der Waals surface area (Å²) in [6.07, 6.45) is 0. The standard InChI is InChI=1S/2C6H4F2O.Zr/c2*7-4-2-1-3-5(9)6(4)8;/h2*1-3,9H;/q;;+2/p-2. The summed E-state index contributed by atoms with van der Waals surface area (Å²) in [5, 5.41) is 0. The third-order valence-corrected chi connectivity index (χ3v) is 3.63. The van der Waals surface area contributed by atoms with Crippen LogP contribution in [-0.2, 0) is 24.1 Å². The van der Waals surface area contributed by atoms with Gasteiger partial charge in [0.05, 0.1) is 0 Å². The van der Waals surface area contributed by atoms with Crippen LogP contribution in [0.1, 0.15) is 0 Å². The molecule has 0 aromatic heterocycles. The fourth-order valence-corrected chi connectivity index (χ4v) is 2.56. The van der Waals surface area contributed by atoms with Crippen LogP contribution in [0.25, 0.3) is 0 Å². The van der Waals surface area contributed by atoms with Gasteiger partial charge in [0.25, 0.3) is 0 Å². The van der Waals surface area contributed by atoms with E-state index in [1.165, 1.54) is 24.3 Å². The topological polar surface area (TPSA) is 18.5 Å². The van der Waals surface area contributed by atoms with Gasteiger partial charge in [0.15, 0.2) is 0 Å². The first-order valence-electron chi connectivity index (χ1n) is 5.06. The molecule has 2 rings (SSSR count). The van der Waals surface area contributed by atoms with Crippen LogP contribution in [0.4, 0.5) is 17.6 Å². The van der Waals surface area contributed by atoms with Crippen LogP contribution in [0.2, 0.25) is 0 Å². The predicted molar refractivity (Wildman–Crippen MR) is 54.0 cm³/mol. The third kappa shape index (κ3) is 3.35. The Kier molecular flexibility index (Phi) is 4.58. The number of rotatable bonds is 4. The fourth-order valence-electron chi connectivity index (χ4n) is 1.24. The summed E-state index contributed by atoms with van der Waals surface area (Å²) in [6, 6.07) is 6.89. The second-order valence-corrected chi connectivity index (χ2v) is 4.80. The van der Waals surface area contributed by atoms with Gasteiger partial charge in [0, 0.05) is 0 Å². The summed E-state index contributed by atoms with van der Waals surface area (Å²) >= 11 is -2.16. The van der Waals surface area contributed by atoms with Gasteiger partial charge in [0.2, 0.25) is 0 Å². The molecule has 0 fully saturated rings. The average molecular weight is 349 g/mol. The zero-order valence-corrected chi connectivity index (χ0v) is 11.8. The van der Waals surface area contributed by atoms with Crippen molar-refractivity contribution in [2.45, 2.75) is 0 Å². The van der Waals surface area contributed by atoms with Crippen molar-refractivity contribution in [1.29, 1.82) is 0 Å². The van der Waals surface area contributed by atoms with Crippen LogP contribution < -0.4 is 5.63 Å². The first-order valence-corrected chi connectivity index (χ1v) is 7.07. The molecule has 0 heterocycles. The molecule has 7 heteroatoms. The molecule has 2 aromatic carbocycles. The van der Waals surface area contributed by atoms with E-state index >= 15 is 0 Å². The molecule has 0 aliphatic rings. The van der Waals surface area contributed by atoms with Gasteiger partial charge < -0.3 is 0 Å². The number of hydrogen-bond acceptors (Lipinski definition) is 2. The van der Waals surface area contributed by atoms with Crippen molar-refractivity contribution in [3.05, 3.63) is 59.7 Å². The second kappa shape index (κ2) is 6.19. The molecule has 0 aliphatic carbocycles. The molecule has 0 amide bonds. The Balaban J connectivity index is 2.00. The van der Waals surface area contributed by atoms with Gasteiger partial charge in [0.1, 0.15) is 0 Å². The molecule has 0 N–H and O–H groups in total. The zero-order chi connectivity index (χ0) is 13.8. The van der Waals surface area contributed by atoms with E-state index in [0.717, 1.165) is 12.1 Å². The number of halogens is 4. The molecule has 19 heavy (non-hydrogen) atoms. The molecule has 98 valence electrons. The first kappa shape index (κ1) is 14.1. The van der Waals surface area contributed by atoms with Gasteiger partial charge >= 0.3 is 118 Å². The van der Waals surface area contributed by atoms with Gasteiger partial charge in [-0.25, -0.2) is 0 Å². The molecular formula is C12H6F4O2Zr. The summed E-state index contributed by atoms with van der Waals surface area (Å²) in [4.78, 5) is 0. The normalized spacial score (nSPS) is 10.1. The monoisotopic (exact) mass is 348 g/mol. The third-order valence-electron chi connectivity index (χ3n) is 2.14. The minimum atomic E-state index is -2.16. The van der Waals surface area contributed by atoms with Crippen molar-refractivity contribution < 1.29 is 47.3 Å². The summed E-state index contributed by atoms with van der Waals surface area (Å²) in [7, 11) is 0. The Labute approximate surface area is 118 Å². The van der Waals surface area contributed by atoms with E-state index in [1.54, 1.807) is 0 Å². The van der Waals surface area contributed by atoms with Crippen LogP contribution in [-0.4, -0.2) is 0 Å². The van der Waals surface area contributed by atoms with Gasteiger partial charge in [-0.15, -0.1) is 0 Å². The Hall–Kier alpha value is -1.36. The molecule has 2 nitrogen and oxygen atoms in total. The molecule has 0 saturated heterocycles. The molecule has 0 radical (unpaired) electrons. The van der Waals surface area contributed by atoms with E-state index in [1.807, 2.05) is 0 Å². The molecule has 2 aromatic rings. The van der Waals surface area contributed by atoms with Gasteiger partial charge in [-0.05, 0) is 0 Å². The van der Waals surface area contributed by atoms with Crippen molar-refractivity contribution in [1.82, 2.24) is 0 Å². The summed E-state index contributed by atoms with van der Waals surface area (Å²) in [5.41, 5.74) is 0. The second-order valence-electron chi connectivity index (χ2n) is 3.39. The molecule has 0 bridgehead atoms. The zero-order valence-electron chi connectivity index (χ0n) is 9.29. The average Bonchev–Trinajstić information content (AvgIpc) is 2.39. The van der Waals surface area contributed by atoms with Crippen LogP contribution >= 0.6 is 0 Å².